The van der Waals surface area contributed by atoms with E-state index in [-0.39, 0.29) is 0 Å². The molecule has 0 amide bonds. The van der Waals surface area contributed by atoms with Gasteiger partial charge in [0.2, 0.25) is 0 Å². The molecule has 0 saturated heterocycles. The van der Waals surface area contributed by atoms with Crippen molar-refractivity contribution in [3.63, 3.8) is 0 Å². The van der Waals surface area contributed by atoms with Gasteiger partial charge in [0.05, 0.1) is 0 Å². The molecule has 0 radical (unpaired) electrons. The Hall–Kier alpha value is -1.55. The zero-order chi connectivity index (χ0) is 18.8. The van der Waals surface area contributed by atoms with Crippen LogP contribution in [0.1, 0.15) is 19.4 Å². The molecule has 0 unspecified atom stereocenters. The summed E-state index contributed by atoms with van der Waals surface area (Å²) in [6.45, 7) is 1.04. The topological polar surface area (TPSA) is 44.5 Å². The Morgan fingerprint density at radius 2 is 1.29 bits per heavy atom. The third-order valence-corrected chi connectivity index (χ3v) is 3.17. The fraction of sp³-hybridized carbons (Fsp3) is 0.571. The van der Waals surface area contributed by atoms with Crippen LogP contribution in [0.4, 0.5) is 36.4 Å². The lowest BCUT2D eigenvalue weighted by atomic mass is 9.92. The first-order valence-corrected chi connectivity index (χ1v) is 6.84. The van der Waals surface area contributed by atoms with Crippen LogP contribution in [-0.2, 0) is 15.3 Å². The molecule has 24 heavy (non-hydrogen) atoms. The van der Waals surface area contributed by atoms with Crippen LogP contribution in [0.25, 0.3) is 0 Å². The smallest absolute Gasteiger partial charge is 0.398 e. The summed E-state index contributed by atoms with van der Waals surface area (Å²) in [6, 6.07) is 4.34. The summed E-state index contributed by atoms with van der Waals surface area (Å²) < 4.78 is 103. The van der Waals surface area contributed by atoms with Crippen LogP contribution >= 0.6 is 0 Å². The van der Waals surface area contributed by atoms with Gasteiger partial charge in [-0.1, -0.05) is 18.2 Å². The molecule has 0 aliphatic rings. The van der Waals surface area contributed by atoms with Crippen molar-refractivity contribution < 1.29 is 40.2 Å². The summed E-state index contributed by atoms with van der Waals surface area (Å²) in [5.41, 5.74) is 4.20. The van der Waals surface area contributed by atoms with E-state index < -0.39 is 48.3 Å². The van der Waals surface area contributed by atoms with Gasteiger partial charge in [-0.2, -0.15) is 30.7 Å². The van der Waals surface area contributed by atoms with Gasteiger partial charge in [0, 0.05) is 24.5 Å². The van der Waals surface area contributed by atoms with Gasteiger partial charge in [-0.05, 0) is 19.9 Å². The highest BCUT2D eigenvalue weighted by Gasteiger charge is 2.81. The Morgan fingerprint density at radius 1 is 0.833 bits per heavy atom. The molecule has 0 aliphatic carbocycles. The van der Waals surface area contributed by atoms with Gasteiger partial charge >= 0.3 is 18.0 Å². The van der Waals surface area contributed by atoms with Crippen molar-refractivity contribution in [2.24, 2.45) is 0 Å². The second-order valence-electron chi connectivity index (χ2n) is 4.72. The van der Waals surface area contributed by atoms with E-state index in [2.05, 4.69) is 9.47 Å². The van der Waals surface area contributed by atoms with E-state index in [1.54, 1.807) is 0 Å². The molecular weight excluding hydrogens is 347 g/mol. The highest BCUT2D eigenvalue weighted by molar-refractivity contribution is 5.50. The van der Waals surface area contributed by atoms with E-state index in [9.17, 15) is 30.7 Å². The lowest BCUT2D eigenvalue weighted by Gasteiger charge is -2.43. The molecule has 10 heteroatoms. The third-order valence-electron chi connectivity index (χ3n) is 3.17. The molecule has 0 aliphatic heterocycles. The third kappa shape index (κ3) is 3.04. The van der Waals surface area contributed by atoms with Gasteiger partial charge in [0.15, 0.2) is 0 Å². The van der Waals surface area contributed by atoms with Crippen molar-refractivity contribution in [1.29, 1.82) is 0 Å². The molecular formula is C14H16F7NO2. The molecule has 3 nitrogen and oxygen atoms in total. The zero-order valence-electron chi connectivity index (χ0n) is 12.8. The van der Waals surface area contributed by atoms with Crippen molar-refractivity contribution in [2.45, 2.75) is 37.7 Å². The molecule has 1 aromatic carbocycles. The average molecular weight is 363 g/mol. The van der Waals surface area contributed by atoms with Crippen molar-refractivity contribution in [1.82, 2.24) is 0 Å². The molecule has 0 atom stereocenters. The maximum absolute atomic E-state index is 14.5. The van der Waals surface area contributed by atoms with E-state index >= 15 is 0 Å². The second-order valence-corrected chi connectivity index (χ2v) is 4.72. The van der Waals surface area contributed by atoms with Crippen LogP contribution in [0, 0.1) is 0 Å². The molecule has 0 aromatic heterocycles. The Labute approximate surface area is 133 Å². The number of halogens is 7. The van der Waals surface area contributed by atoms with Crippen LogP contribution in [0.5, 0.6) is 0 Å². The number of alkyl halides is 7. The number of hydrogen-bond donors (Lipinski definition) is 1. The summed E-state index contributed by atoms with van der Waals surface area (Å²) in [5, 5.41) is 0. The van der Waals surface area contributed by atoms with Gasteiger partial charge in [-0.25, -0.2) is 0 Å². The van der Waals surface area contributed by atoms with Crippen molar-refractivity contribution in [3.8, 4) is 0 Å². The van der Waals surface area contributed by atoms with E-state index in [1.165, 1.54) is 6.07 Å². The number of hydrogen-bond acceptors (Lipinski definition) is 3. The molecule has 0 spiro atoms. The fourth-order valence-electron chi connectivity index (χ4n) is 2.14. The highest BCUT2D eigenvalue weighted by Crippen LogP contribution is 2.56. The number of nitrogen functional groups attached to an aromatic ring is 1. The fourth-order valence-corrected chi connectivity index (χ4v) is 2.14. The van der Waals surface area contributed by atoms with Crippen molar-refractivity contribution in [2.75, 3.05) is 18.9 Å². The predicted molar refractivity (Wildman–Crippen MR) is 71.7 cm³/mol. The maximum Gasteiger partial charge on any atom is 0.460 e. The number of rotatable bonds is 7. The summed E-state index contributed by atoms with van der Waals surface area (Å²) in [4.78, 5) is 0. The zero-order valence-corrected chi connectivity index (χ0v) is 12.8. The maximum atomic E-state index is 14.5. The van der Waals surface area contributed by atoms with Crippen molar-refractivity contribution in [3.05, 3.63) is 29.8 Å². The number of ether oxygens (including phenoxy) is 2. The lowest BCUT2D eigenvalue weighted by Crippen LogP contribution is -2.64. The first-order valence-electron chi connectivity index (χ1n) is 6.84. The minimum atomic E-state index is -6.53. The largest absolute Gasteiger partial charge is 0.460 e. The van der Waals surface area contributed by atoms with Gasteiger partial charge < -0.3 is 15.2 Å². The van der Waals surface area contributed by atoms with Crippen LogP contribution in [-0.4, -0.2) is 31.2 Å². The average Bonchev–Trinajstić information content (AvgIpc) is 2.46. The van der Waals surface area contributed by atoms with E-state index in [4.69, 9.17) is 5.73 Å². The van der Waals surface area contributed by atoms with Crippen LogP contribution in [0.15, 0.2) is 24.3 Å². The van der Waals surface area contributed by atoms with Crippen LogP contribution in [0.3, 0.4) is 0 Å². The van der Waals surface area contributed by atoms with E-state index in [1.807, 2.05) is 0 Å². The first kappa shape index (κ1) is 20.5. The van der Waals surface area contributed by atoms with Crippen molar-refractivity contribution >= 4 is 5.69 Å². The summed E-state index contributed by atoms with van der Waals surface area (Å²) in [7, 11) is 0. The molecule has 0 heterocycles. The molecule has 1 aromatic rings. The molecule has 0 bridgehead atoms. The van der Waals surface area contributed by atoms with Gasteiger partial charge in [-0.15, -0.1) is 0 Å². The van der Waals surface area contributed by atoms with E-state index in [0.29, 0.717) is 0 Å². The molecule has 2 N–H and O–H groups in total. The Bertz CT molecular complexity index is 554. The number of para-hydroxylation sites is 1. The van der Waals surface area contributed by atoms with Crippen LogP contribution in [0.2, 0.25) is 0 Å². The Morgan fingerprint density at radius 3 is 1.67 bits per heavy atom. The quantitative estimate of drug-likeness (QED) is 0.446. The Balaban J connectivity index is 3.73. The molecule has 0 fully saturated rings. The number of anilines is 1. The van der Waals surface area contributed by atoms with E-state index in [0.717, 1.165) is 32.0 Å². The number of nitrogens with two attached hydrogens (primary N) is 1. The second kappa shape index (κ2) is 6.75. The first-order chi connectivity index (χ1) is 10.9. The predicted octanol–water partition coefficient (Wildman–Crippen LogP) is 4.33. The minimum Gasteiger partial charge on any atom is -0.398 e. The van der Waals surface area contributed by atoms with Gasteiger partial charge in [0.25, 0.3) is 5.79 Å². The summed E-state index contributed by atoms with van der Waals surface area (Å²) in [6.07, 6.45) is -6.53. The number of benzene rings is 1. The Kier molecular flexibility index (Phi) is 5.77. The SMILES string of the molecule is CCOC(OCC)(c1ccccc1N)C(F)(F)C(F)(F)C(F)(F)F. The molecule has 138 valence electrons. The highest BCUT2D eigenvalue weighted by atomic mass is 19.4. The standard InChI is InChI=1S/C14H16F7NO2/c1-3-23-11(24-4-2,9-7-5-6-8-10(9)22)12(15,16)13(17,18)14(19,20)21/h5-8H,3-4,22H2,1-2H3. The molecule has 0 saturated carbocycles. The summed E-state index contributed by atoms with van der Waals surface area (Å²) in [5.74, 6) is -15.9. The van der Waals surface area contributed by atoms with Gasteiger partial charge in [0.1, 0.15) is 0 Å². The molecule has 1 rings (SSSR count). The summed E-state index contributed by atoms with van der Waals surface area (Å²) >= 11 is 0. The lowest BCUT2D eigenvalue weighted by molar-refractivity contribution is -0.442. The normalized spacial score (nSPS) is 14.0. The monoisotopic (exact) mass is 363 g/mol. The van der Waals surface area contributed by atoms with Crippen LogP contribution < -0.4 is 5.73 Å². The minimum absolute atomic E-state index is 0.475. The van der Waals surface area contributed by atoms with Gasteiger partial charge in [-0.3, -0.25) is 0 Å².